The quantitative estimate of drug-likeness (QED) is 0.453. The highest BCUT2D eigenvalue weighted by molar-refractivity contribution is 6.38. The highest BCUT2D eigenvalue weighted by atomic mass is 35.5. The molecule has 1 amide bonds. The number of carbonyl (C=O) groups is 1. The van der Waals surface area contributed by atoms with Crippen LogP contribution in [0.1, 0.15) is 28.4 Å². The van der Waals surface area contributed by atoms with Gasteiger partial charge in [-0.25, -0.2) is 13.8 Å². The average Bonchev–Trinajstić information content (AvgIpc) is 2.74. The number of ether oxygens (including phenoxy) is 1. The monoisotopic (exact) mass is 498 g/mol. The first-order valence-corrected chi connectivity index (χ1v) is 10.1. The molecule has 1 aromatic carbocycles. The van der Waals surface area contributed by atoms with Gasteiger partial charge in [-0.05, 0) is 11.6 Å². The number of nitrogens with one attached hydrogen (secondary N) is 1. The first-order valence-electron chi connectivity index (χ1n) is 9.33. The Morgan fingerprint density at radius 1 is 1.24 bits per heavy atom. The van der Waals surface area contributed by atoms with Gasteiger partial charge in [-0.2, -0.15) is 0 Å². The summed E-state index contributed by atoms with van der Waals surface area (Å²) in [4.78, 5) is 33.7. The lowest BCUT2D eigenvalue weighted by Gasteiger charge is -2.14. The van der Waals surface area contributed by atoms with Crippen molar-refractivity contribution in [1.82, 2.24) is 14.5 Å². The van der Waals surface area contributed by atoms with E-state index in [2.05, 4.69) is 15.3 Å². The van der Waals surface area contributed by atoms with Crippen molar-refractivity contribution < 1.29 is 18.3 Å². The number of amides is 1. The number of rotatable bonds is 7. The standard InChI is InChI=1S/C20H18Cl2F2N6O3/c1-33-11-3-12(21)17(13(22)4-11)30-8-28-18(26)16(20(30)32)19(31)29-10-2-9(6-27-7-10)14(25)5-15(23)24/h2-4,6-8,14-15H,5,25-26H2,1H3,(H,29,31)/t14-/m0/s1. The van der Waals surface area contributed by atoms with E-state index in [1.54, 1.807) is 0 Å². The molecule has 13 heteroatoms. The number of halogens is 4. The first-order chi connectivity index (χ1) is 15.6. The molecule has 0 unspecified atom stereocenters. The molecule has 2 heterocycles. The lowest BCUT2D eigenvalue weighted by molar-refractivity contribution is 0.102. The van der Waals surface area contributed by atoms with Crippen molar-refractivity contribution in [2.24, 2.45) is 5.73 Å². The maximum absolute atomic E-state index is 13.1. The minimum absolute atomic E-state index is 0.0734. The Hall–Kier alpha value is -3.28. The molecule has 3 rings (SSSR count). The Balaban J connectivity index is 1.97. The van der Waals surface area contributed by atoms with E-state index in [0.717, 1.165) is 10.9 Å². The molecule has 5 N–H and O–H groups in total. The van der Waals surface area contributed by atoms with Crippen LogP contribution in [0.4, 0.5) is 20.3 Å². The smallest absolute Gasteiger partial charge is 0.273 e. The van der Waals surface area contributed by atoms with Gasteiger partial charge in [0.1, 0.15) is 23.5 Å². The second-order valence-corrected chi connectivity index (χ2v) is 7.63. The minimum atomic E-state index is -2.61. The Morgan fingerprint density at radius 2 is 1.91 bits per heavy atom. The number of nitrogen functional groups attached to an aromatic ring is 1. The number of hydrogen-bond donors (Lipinski definition) is 3. The van der Waals surface area contributed by atoms with Crippen molar-refractivity contribution in [3.63, 3.8) is 0 Å². The van der Waals surface area contributed by atoms with Gasteiger partial charge in [-0.15, -0.1) is 0 Å². The van der Waals surface area contributed by atoms with Crippen LogP contribution in [-0.2, 0) is 0 Å². The summed E-state index contributed by atoms with van der Waals surface area (Å²) in [6.07, 6.45) is 0.464. The number of anilines is 2. The highest BCUT2D eigenvalue weighted by Gasteiger charge is 2.22. The van der Waals surface area contributed by atoms with Crippen LogP contribution in [0.5, 0.6) is 5.75 Å². The van der Waals surface area contributed by atoms with Gasteiger partial charge in [0.05, 0.1) is 34.7 Å². The summed E-state index contributed by atoms with van der Waals surface area (Å²) in [6, 6.07) is 3.26. The minimum Gasteiger partial charge on any atom is -0.497 e. The molecule has 0 aliphatic carbocycles. The normalized spacial score (nSPS) is 12.0. The molecule has 0 aliphatic heterocycles. The summed E-state index contributed by atoms with van der Waals surface area (Å²) < 4.78 is 31.3. The number of carbonyl (C=O) groups excluding carboxylic acids is 1. The molecule has 174 valence electrons. The predicted octanol–water partition coefficient (Wildman–Crippen LogP) is 3.43. The van der Waals surface area contributed by atoms with Crippen molar-refractivity contribution in [3.05, 3.63) is 68.4 Å². The van der Waals surface area contributed by atoms with Crippen LogP contribution in [0.25, 0.3) is 5.69 Å². The van der Waals surface area contributed by atoms with E-state index in [9.17, 15) is 18.4 Å². The molecule has 0 radical (unpaired) electrons. The fourth-order valence-electron chi connectivity index (χ4n) is 2.98. The van der Waals surface area contributed by atoms with E-state index in [4.69, 9.17) is 39.4 Å². The predicted molar refractivity (Wildman–Crippen MR) is 121 cm³/mol. The van der Waals surface area contributed by atoms with Crippen molar-refractivity contribution >= 4 is 40.6 Å². The maximum atomic E-state index is 13.1. The third-order valence-electron chi connectivity index (χ3n) is 4.57. The lowest BCUT2D eigenvalue weighted by atomic mass is 10.1. The Bertz CT molecular complexity index is 1230. The Morgan fingerprint density at radius 3 is 2.52 bits per heavy atom. The summed E-state index contributed by atoms with van der Waals surface area (Å²) in [5.41, 5.74) is 10.7. The highest BCUT2D eigenvalue weighted by Crippen LogP contribution is 2.32. The van der Waals surface area contributed by atoms with Gasteiger partial charge in [-0.3, -0.25) is 19.1 Å². The summed E-state index contributed by atoms with van der Waals surface area (Å²) >= 11 is 12.5. The molecule has 1 atom stereocenters. The van der Waals surface area contributed by atoms with E-state index in [1.807, 2.05) is 0 Å². The number of methoxy groups -OCH3 is 1. The third-order valence-corrected chi connectivity index (χ3v) is 5.15. The third kappa shape index (κ3) is 5.38. The molecule has 0 saturated heterocycles. The topological polar surface area (TPSA) is 138 Å². The number of hydrogen-bond acceptors (Lipinski definition) is 7. The molecule has 9 nitrogen and oxygen atoms in total. The molecule has 2 aromatic heterocycles. The van der Waals surface area contributed by atoms with Crippen molar-refractivity contribution in [1.29, 1.82) is 0 Å². The second-order valence-electron chi connectivity index (χ2n) is 6.81. The number of nitrogens with zero attached hydrogens (tertiary/aromatic N) is 3. The number of pyridine rings is 1. The summed E-state index contributed by atoms with van der Waals surface area (Å²) in [5.74, 6) is -0.880. The molecular weight excluding hydrogens is 481 g/mol. The Kier molecular flexibility index (Phi) is 7.46. The van der Waals surface area contributed by atoms with Crippen LogP contribution in [0.3, 0.4) is 0 Å². The van der Waals surface area contributed by atoms with Crippen molar-refractivity contribution in [3.8, 4) is 11.4 Å². The van der Waals surface area contributed by atoms with Gasteiger partial charge in [0, 0.05) is 30.8 Å². The second kappa shape index (κ2) is 10.1. The van der Waals surface area contributed by atoms with Gasteiger partial charge < -0.3 is 21.5 Å². The average molecular weight is 499 g/mol. The summed E-state index contributed by atoms with van der Waals surface area (Å²) in [6.45, 7) is 0. The zero-order valence-corrected chi connectivity index (χ0v) is 18.6. The Labute approximate surface area is 196 Å². The fraction of sp³-hybridized carbons (Fsp3) is 0.200. The molecule has 0 aliphatic rings. The van der Waals surface area contributed by atoms with Gasteiger partial charge in [0.25, 0.3) is 11.5 Å². The number of alkyl halides is 2. The van der Waals surface area contributed by atoms with Crippen LogP contribution < -0.4 is 27.1 Å². The largest absolute Gasteiger partial charge is 0.497 e. The molecule has 33 heavy (non-hydrogen) atoms. The fourth-order valence-corrected chi connectivity index (χ4v) is 3.63. The molecule has 0 saturated carbocycles. The number of aromatic nitrogens is 3. The molecule has 0 bridgehead atoms. The lowest BCUT2D eigenvalue weighted by Crippen LogP contribution is -2.31. The van der Waals surface area contributed by atoms with E-state index >= 15 is 0 Å². The van der Waals surface area contributed by atoms with Gasteiger partial charge in [-0.1, -0.05) is 23.2 Å². The van der Waals surface area contributed by atoms with E-state index in [1.165, 1.54) is 37.7 Å². The van der Waals surface area contributed by atoms with Crippen molar-refractivity contribution in [2.75, 3.05) is 18.2 Å². The SMILES string of the molecule is COc1cc(Cl)c(-n2cnc(N)c(C(=O)Nc3cncc([C@@H](N)CC(F)F)c3)c2=O)c(Cl)c1. The van der Waals surface area contributed by atoms with Crippen LogP contribution in [0.15, 0.2) is 41.7 Å². The molecule has 0 fully saturated rings. The van der Waals surface area contributed by atoms with E-state index < -0.39 is 35.9 Å². The van der Waals surface area contributed by atoms with E-state index in [0.29, 0.717) is 5.75 Å². The maximum Gasteiger partial charge on any atom is 0.273 e. The zero-order valence-electron chi connectivity index (χ0n) is 17.1. The van der Waals surface area contributed by atoms with Crippen LogP contribution in [0.2, 0.25) is 10.0 Å². The van der Waals surface area contributed by atoms with Gasteiger partial charge in [0.15, 0.2) is 0 Å². The van der Waals surface area contributed by atoms with Gasteiger partial charge >= 0.3 is 0 Å². The zero-order chi connectivity index (χ0) is 24.3. The van der Waals surface area contributed by atoms with Crippen molar-refractivity contribution in [2.45, 2.75) is 18.9 Å². The number of nitrogens with two attached hydrogens (primary N) is 2. The van der Waals surface area contributed by atoms with Crippen LogP contribution in [-0.4, -0.2) is 34.0 Å². The van der Waals surface area contributed by atoms with Crippen LogP contribution in [0, 0.1) is 0 Å². The summed E-state index contributed by atoms with van der Waals surface area (Å²) in [5, 5.41) is 2.60. The number of benzene rings is 1. The van der Waals surface area contributed by atoms with E-state index in [-0.39, 0.29) is 32.8 Å². The first kappa shape index (κ1) is 24.4. The van der Waals surface area contributed by atoms with Crippen LogP contribution >= 0.6 is 23.2 Å². The molecular formula is C20H18Cl2F2N6O3. The van der Waals surface area contributed by atoms with Gasteiger partial charge in [0.2, 0.25) is 6.43 Å². The summed E-state index contributed by atoms with van der Waals surface area (Å²) in [7, 11) is 1.42. The molecule has 0 spiro atoms. The molecule has 3 aromatic rings.